The van der Waals surface area contributed by atoms with E-state index in [-0.39, 0.29) is 23.8 Å². The standard InChI is InChI=1S/C18H21N5O2/c19-17(24)15-11-22(10-14(15)12-4-2-1-3-5-12)18(25)21-16-8-9-20-23(16)13-6-7-13/h1-5,8-9,13-15H,6-7,10-11H2,(H2,19,24)(H,21,25)/t14-,15+/m0/s1. The minimum absolute atomic E-state index is 0.0715. The molecule has 130 valence electrons. The lowest BCUT2D eigenvalue weighted by molar-refractivity contribution is -0.121. The Hall–Kier alpha value is -2.83. The number of urea groups is 1. The van der Waals surface area contributed by atoms with Gasteiger partial charge in [-0.3, -0.25) is 10.1 Å². The van der Waals surface area contributed by atoms with Crippen molar-refractivity contribution in [3.8, 4) is 0 Å². The molecule has 1 saturated carbocycles. The summed E-state index contributed by atoms with van der Waals surface area (Å²) in [6, 6.07) is 11.7. The molecule has 2 atom stereocenters. The Morgan fingerprint density at radius 1 is 1.12 bits per heavy atom. The molecular formula is C18H21N5O2. The van der Waals surface area contributed by atoms with Gasteiger partial charge in [0.1, 0.15) is 5.82 Å². The quantitative estimate of drug-likeness (QED) is 0.891. The van der Waals surface area contributed by atoms with Gasteiger partial charge in [0.05, 0.1) is 18.2 Å². The Morgan fingerprint density at radius 3 is 2.56 bits per heavy atom. The van der Waals surface area contributed by atoms with Crippen molar-refractivity contribution < 1.29 is 9.59 Å². The molecule has 1 aromatic heterocycles. The van der Waals surface area contributed by atoms with Gasteiger partial charge in [-0.25, -0.2) is 9.48 Å². The number of amides is 3. The molecule has 7 heteroatoms. The van der Waals surface area contributed by atoms with Crippen LogP contribution in [0.15, 0.2) is 42.6 Å². The number of carbonyl (C=O) groups excluding carboxylic acids is 2. The van der Waals surface area contributed by atoms with Crippen LogP contribution in [0.3, 0.4) is 0 Å². The van der Waals surface area contributed by atoms with Gasteiger partial charge < -0.3 is 10.6 Å². The highest BCUT2D eigenvalue weighted by Gasteiger charge is 2.39. The number of hydrogen-bond donors (Lipinski definition) is 2. The van der Waals surface area contributed by atoms with E-state index >= 15 is 0 Å². The van der Waals surface area contributed by atoms with Crippen molar-refractivity contribution in [3.63, 3.8) is 0 Å². The van der Waals surface area contributed by atoms with Crippen molar-refractivity contribution in [3.05, 3.63) is 48.2 Å². The smallest absolute Gasteiger partial charge is 0.323 e. The van der Waals surface area contributed by atoms with Crippen molar-refractivity contribution in [1.29, 1.82) is 0 Å². The molecule has 0 spiro atoms. The van der Waals surface area contributed by atoms with Crippen LogP contribution in [0.1, 0.15) is 30.4 Å². The first-order valence-electron chi connectivity index (χ1n) is 8.57. The van der Waals surface area contributed by atoms with Crippen LogP contribution in [-0.4, -0.2) is 39.7 Å². The van der Waals surface area contributed by atoms with Gasteiger partial charge in [0.2, 0.25) is 5.91 Å². The number of benzene rings is 1. The third-order valence-corrected chi connectivity index (χ3v) is 5.00. The Bertz CT molecular complexity index is 784. The van der Waals surface area contributed by atoms with Crippen LogP contribution in [-0.2, 0) is 4.79 Å². The molecule has 1 aliphatic carbocycles. The molecule has 3 N–H and O–H groups in total. The summed E-state index contributed by atoms with van der Waals surface area (Å²) < 4.78 is 1.86. The van der Waals surface area contributed by atoms with Gasteiger partial charge in [-0.15, -0.1) is 0 Å². The fraction of sp³-hybridized carbons (Fsp3) is 0.389. The lowest BCUT2D eigenvalue weighted by Gasteiger charge is -2.18. The Kier molecular flexibility index (Phi) is 3.91. The van der Waals surface area contributed by atoms with E-state index in [2.05, 4.69) is 10.4 Å². The van der Waals surface area contributed by atoms with Crippen molar-refractivity contribution in [2.45, 2.75) is 24.8 Å². The Balaban J connectivity index is 1.49. The summed E-state index contributed by atoms with van der Waals surface area (Å²) >= 11 is 0. The first-order chi connectivity index (χ1) is 12.1. The number of aromatic nitrogens is 2. The first kappa shape index (κ1) is 15.7. The maximum Gasteiger partial charge on any atom is 0.323 e. The van der Waals surface area contributed by atoms with E-state index in [0.717, 1.165) is 18.4 Å². The minimum Gasteiger partial charge on any atom is -0.369 e. The van der Waals surface area contributed by atoms with E-state index in [4.69, 9.17) is 5.73 Å². The summed E-state index contributed by atoms with van der Waals surface area (Å²) in [6.07, 6.45) is 3.87. The van der Waals surface area contributed by atoms with Gasteiger partial charge in [-0.05, 0) is 18.4 Å². The minimum atomic E-state index is -0.374. The monoisotopic (exact) mass is 339 g/mol. The average molecular weight is 339 g/mol. The molecule has 2 heterocycles. The van der Waals surface area contributed by atoms with Gasteiger partial charge >= 0.3 is 6.03 Å². The SMILES string of the molecule is NC(=O)[C@@H]1CN(C(=O)Nc2ccnn2C2CC2)C[C@H]1c1ccccc1. The van der Waals surface area contributed by atoms with Gasteiger partial charge in [0, 0.05) is 25.1 Å². The number of nitrogens with one attached hydrogen (secondary N) is 1. The van der Waals surface area contributed by atoms with Gasteiger partial charge in [0.15, 0.2) is 0 Å². The molecule has 2 fully saturated rings. The average Bonchev–Trinajstić information content (AvgIpc) is 3.18. The normalized spacial score (nSPS) is 22.8. The topological polar surface area (TPSA) is 93.2 Å². The van der Waals surface area contributed by atoms with E-state index in [1.165, 1.54) is 0 Å². The number of primary amides is 1. The fourth-order valence-electron chi connectivity index (χ4n) is 3.51. The molecular weight excluding hydrogens is 318 g/mol. The highest BCUT2D eigenvalue weighted by Crippen LogP contribution is 2.37. The molecule has 0 bridgehead atoms. The highest BCUT2D eigenvalue weighted by molar-refractivity contribution is 5.90. The van der Waals surface area contributed by atoms with E-state index in [0.29, 0.717) is 24.9 Å². The van der Waals surface area contributed by atoms with Crippen LogP contribution in [0.25, 0.3) is 0 Å². The largest absolute Gasteiger partial charge is 0.369 e. The highest BCUT2D eigenvalue weighted by atomic mass is 16.2. The van der Waals surface area contributed by atoms with Crippen LogP contribution >= 0.6 is 0 Å². The molecule has 2 aromatic rings. The number of rotatable bonds is 4. The second-order valence-corrected chi connectivity index (χ2v) is 6.75. The number of likely N-dealkylation sites (tertiary alicyclic amines) is 1. The lowest BCUT2D eigenvalue weighted by Crippen LogP contribution is -2.35. The van der Waals surface area contributed by atoms with Crippen LogP contribution in [0.2, 0.25) is 0 Å². The molecule has 0 unspecified atom stereocenters. The second-order valence-electron chi connectivity index (χ2n) is 6.75. The number of hydrogen-bond acceptors (Lipinski definition) is 3. The van der Waals surface area contributed by atoms with Crippen LogP contribution in [0.5, 0.6) is 0 Å². The second kappa shape index (κ2) is 6.23. The molecule has 7 nitrogen and oxygen atoms in total. The number of anilines is 1. The Labute approximate surface area is 145 Å². The summed E-state index contributed by atoms with van der Waals surface area (Å²) in [7, 11) is 0. The molecule has 4 rings (SSSR count). The maximum absolute atomic E-state index is 12.7. The molecule has 25 heavy (non-hydrogen) atoms. The van der Waals surface area contributed by atoms with Crippen LogP contribution < -0.4 is 11.1 Å². The molecule has 1 aromatic carbocycles. The number of carbonyl (C=O) groups is 2. The van der Waals surface area contributed by atoms with Gasteiger partial charge in [-0.2, -0.15) is 5.10 Å². The first-order valence-corrected chi connectivity index (χ1v) is 8.57. The van der Waals surface area contributed by atoms with E-state index in [1.54, 1.807) is 17.2 Å². The third-order valence-electron chi connectivity index (χ3n) is 5.00. The molecule has 1 saturated heterocycles. The van der Waals surface area contributed by atoms with Gasteiger partial charge in [-0.1, -0.05) is 30.3 Å². The van der Waals surface area contributed by atoms with E-state index in [1.807, 2.05) is 35.0 Å². The summed E-state index contributed by atoms with van der Waals surface area (Å²) in [6.45, 7) is 0.805. The fourth-order valence-corrected chi connectivity index (χ4v) is 3.51. The molecule has 1 aliphatic heterocycles. The van der Waals surface area contributed by atoms with Crippen molar-refractivity contribution >= 4 is 17.8 Å². The molecule has 3 amide bonds. The van der Waals surface area contributed by atoms with Crippen molar-refractivity contribution in [1.82, 2.24) is 14.7 Å². The number of nitrogens with two attached hydrogens (primary N) is 1. The van der Waals surface area contributed by atoms with Gasteiger partial charge in [0.25, 0.3) is 0 Å². The summed E-state index contributed by atoms with van der Waals surface area (Å²) in [5, 5.41) is 7.19. The third kappa shape index (κ3) is 3.09. The summed E-state index contributed by atoms with van der Waals surface area (Å²) in [4.78, 5) is 26.2. The summed E-state index contributed by atoms with van der Waals surface area (Å²) in [5.74, 6) is -0.113. The van der Waals surface area contributed by atoms with Crippen LogP contribution in [0, 0.1) is 5.92 Å². The molecule has 2 aliphatic rings. The molecule has 0 radical (unpaired) electrons. The number of nitrogens with zero attached hydrogens (tertiary/aromatic N) is 3. The van der Waals surface area contributed by atoms with Crippen LogP contribution in [0.4, 0.5) is 10.6 Å². The zero-order chi connectivity index (χ0) is 17.4. The predicted molar refractivity (Wildman–Crippen MR) is 93.0 cm³/mol. The Morgan fingerprint density at radius 2 is 1.88 bits per heavy atom. The summed E-state index contributed by atoms with van der Waals surface area (Å²) in [5.41, 5.74) is 6.62. The zero-order valence-electron chi connectivity index (χ0n) is 13.8. The maximum atomic E-state index is 12.7. The zero-order valence-corrected chi connectivity index (χ0v) is 13.8. The van der Waals surface area contributed by atoms with E-state index < -0.39 is 0 Å². The predicted octanol–water partition coefficient (Wildman–Crippen LogP) is 1.95. The van der Waals surface area contributed by atoms with E-state index in [9.17, 15) is 9.59 Å². The van der Waals surface area contributed by atoms with Crippen molar-refractivity contribution in [2.75, 3.05) is 18.4 Å². The lowest BCUT2D eigenvalue weighted by atomic mass is 9.89. The van der Waals surface area contributed by atoms with Crippen molar-refractivity contribution in [2.24, 2.45) is 11.7 Å².